The molecule has 0 unspecified atom stereocenters. The molecule has 1 saturated heterocycles. The first-order valence-electron chi connectivity index (χ1n) is 9.80. The van der Waals surface area contributed by atoms with E-state index >= 15 is 0 Å². The lowest BCUT2D eigenvalue weighted by Crippen LogP contribution is -2.45. The summed E-state index contributed by atoms with van der Waals surface area (Å²) in [7, 11) is 0. The molecule has 9 nitrogen and oxygen atoms in total. The van der Waals surface area contributed by atoms with Crippen LogP contribution < -0.4 is 20.7 Å². The van der Waals surface area contributed by atoms with Crippen LogP contribution in [-0.4, -0.2) is 41.2 Å². The molecule has 0 saturated carbocycles. The van der Waals surface area contributed by atoms with Gasteiger partial charge in [0.2, 0.25) is 5.95 Å². The number of furan rings is 1. The van der Waals surface area contributed by atoms with Gasteiger partial charge in [-0.05, 0) is 32.0 Å². The average Bonchev–Trinajstić information content (AvgIpc) is 3.14. The topological polar surface area (TPSA) is 111 Å². The zero-order valence-electron chi connectivity index (χ0n) is 17.0. The van der Waals surface area contributed by atoms with Crippen molar-refractivity contribution in [3.63, 3.8) is 0 Å². The van der Waals surface area contributed by atoms with Crippen molar-refractivity contribution in [3.8, 4) is 5.75 Å². The van der Waals surface area contributed by atoms with E-state index in [9.17, 15) is 4.79 Å². The van der Waals surface area contributed by atoms with Gasteiger partial charge in [-0.1, -0.05) is 6.92 Å². The summed E-state index contributed by atoms with van der Waals surface area (Å²) in [5, 5.41) is 9.45. The number of nitrogens with one attached hydrogen (secondary N) is 3. The second-order valence-corrected chi connectivity index (χ2v) is 8.59. The molecule has 1 fully saturated rings. The third kappa shape index (κ3) is 3.30. The Kier molecular flexibility index (Phi) is 4.11. The normalized spacial score (nSPS) is 18.7. The van der Waals surface area contributed by atoms with Crippen LogP contribution >= 0.6 is 0 Å². The van der Waals surface area contributed by atoms with Gasteiger partial charge in [-0.2, -0.15) is 4.98 Å². The number of benzene rings is 1. The molecule has 5 rings (SSSR count). The van der Waals surface area contributed by atoms with E-state index < -0.39 is 5.60 Å². The molecule has 156 valence electrons. The molecule has 0 atom stereocenters. The number of carbonyl (C=O) groups excluding carboxylic acids is 1. The van der Waals surface area contributed by atoms with Crippen LogP contribution in [0.4, 0.5) is 23.1 Å². The molecule has 2 aliphatic heterocycles. The summed E-state index contributed by atoms with van der Waals surface area (Å²) in [6.07, 6.45) is 1.59. The predicted octanol–water partition coefficient (Wildman–Crippen LogP) is 3.52. The molecule has 1 amide bonds. The highest BCUT2D eigenvalue weighted by Gasteiger charge is 2.35. The van der Waals surface area contributed by atoms with Crippen LogP contribution in [0.15, 0.2) is 34.9 Å². The molecule has 30 heavy (non-hydrogen) atoms. The molecule has 3 N–H and O–H groups in total. The van der Waals surface area contributed by atoms with Crippen LogP contribution in [0.5, 0.6) is 5.75 Å². The Morgan fingerprint density at radius 3 is 2.77 bits per heavy atom. The molecule has 3 aromatic rings. The summed E-state index contributed by atoms with van der Waals surface area (Å²) in [5.74, 6) is 1.47. The van der Waals surface area contributed by atoms with Crippen LogP contribution in [-0.2, 0) is 9.53 Å². The standard InChI is InChI=1S/C21H23N5O4/c1-20(2)18(27)24-14-8-12(4-5-15(14)30-20)23-19-25-13-6-7-29-16(13)17(26-19)22-9-21(3)10-28-11-21/h4-8H,9-11H2,1-3H3,(H,24,27)(H2,22,23,25,26). The van der Waals surface area contributed by atoms with Gasteiger partial charge >= 0.3 is 0 Å². The molecule has 0 radical (unpaired) electrons. The second kappa shape index (κ2) is 6.60. The number of carbonyl (C=O) groups is 1. The predicted molar refractivity (Wildman–Crippen MR) is 112 cm³/mol. The summed E-state index contributed by atoms with van der Waals surface area (Å²) in [6, 6.07) is 7.26. The van der Waals surface area contributed by atoms with Gasteiger partial charge < -0.3 is 29.8 Å². The maximum Gasteiger partial charge on any atom is 0.268 e. The number of aromatic nitrogens is 2. The number of nitrogens with zero attached hydrogens (tertiary/aromatic N) is 2. The minimum absolute atomic E-state index is 0.0853. The van der Waals surface area contributed by atoms with E-state index in [0.717, 1.165) is 25.4 Å². The molecule has 0 bridgehead atoms. The molecule has 2 aliphatic rings. The van der Waals surface area contributed by atoms with Crippen LogP contribution in [0.2, 0.25) is 0 Å². The van der Waals surface area contributed by atoms with Gasteiger partial charge in [-0.25, -0.2) is 4.98 Å². The van der Waals surface area contributed by atoms with Gasteiger partial charge in [0.05, 0.1) is 25.2 Å². The number of ether oxygens (including phenoxy) is 2. The Labute approximate surface area is 173 Å². The lowest BCUT2D eigenvalue weighted by molar-refractivity contribution is -0.129. The van der Waals surface area contributed by atoms with Gasteiger partial charge in [0.1, 0.15) is 11.3 Å². The number of hydrogen-bond donors (Lipinski definition) is 3. The Hall–Kier alpha value is -3.33. The van der Waals surface area contributed by atoms with Crippen LogP contribution in [0.1, 0.15) is 20.8 Å². The molecular weight excluding hydrogens is 386 g/mol. The summed E-state index contributed by atoms with van der Waals surface area (Å²) in [5.41, 5.74) is 1.82. The van der Waals surface area contributed by atoms with E-state index in [-0.39, 0.29) is 11.3 Å². The first kappa shape index (κ1) is 18.7. The van der Waals surface area contributed by atoms with E-state index in [1.54, 1.807) is 32.2 Å². The maximum atomic E-state index is 12.2. The van der Waals surface area contributed by atoms with Crippen LogP contribution in [0.25, 0.3) is 11.1 Å². The van der Waals surface area contributed by atoms with Crippen molar-refractivity contribution in [1.29, 1.82) is 0 Å². The molecule has 4 heterocycles. The van der Waals surface area contributed by atoms with Crippen molar-refractivity contribution in [2.45, 2.75) is 26.4 Å². The average molecular weight is 409 g/mol. The zero-order chi connectivity index (χ0) is 20.9. The maximum absolute atomic E-state index is 12.2. The Bertz CT molecular complexity index is 1140. The van der Waals surface area contributed by atoms with Gasteiger partial charge in [0.25, 0.3) is 5.91 Å². The Balaban J connectivity index is 1.40. The van der Waals surface area contributed by atoms with Crippen molar-refractivity contribution in [1.82, 2.24) is 9.97 Å². The van der Waals surface area contributed by atoms with Crippen LogP contribution in [0.3, 0.4) is 0 Å². The summed E-state index contributed by atoms with van der Waals surface area (Å²) < 4.78 is 16.7. The second-order valence-electron chi connectivity index (χ2n) is 8.59. The third-order valence-corrected chi connectivity index (χ3v) is 5.28. The zero-order valence-corrected chi connectivity index (χ0v) is 17.0. The number of anilines is 4. The first-order chi connectivity index (χ1) is 14.3. The smallest absolute Gasteiger partial charge is 0.268 e. The Morgan fingerprint density at radius 2 is 2.00 bits per heavy atom. The molecular formula is C21H23N5O4. The Morgan fingerprint density at radius 1 is 1.17 bits per heavy atom. The monoisotopic (exact) mass is 409 g/mol. The summed E-state index contributed by atoms with van der Waals surface area (Å²) in [6.45, 7) is 7.78. The highest BCUT2D eigenvalue weighted by molar-refractivity contribution is 6.00. The summed E-state index contributed by atoms with van der Waals surface area (Å²) in [4.78, 5) is 21.3. The van der Waals surface area contributed by atoms with E-state index in [1.165, 1.54) is 0 Å². The fourth-order valence-corrected chi connectivity index (χ4v) is 3.41. The first-order valence-corrected chi connectivity index (χ1v) is 9.80. The van der Waals surface area contributed by atoms with Crippen molar-refractivity contribution in [2.75, 3.05) is 35.7 Å². The fraction of sp³-hybridized carbons (Fsp3) is 0.381. The quantitative estimate of drug-likeness (QED) is 0.587. The van der Waals surface area contributed by atoms with Crippen molar-refractivity contribution in [3.05, 3.63) is 30.5 Å². The van der Waals surface area contributed by atoms with E-state index in [2.05, 4.69) is 32.8 Å². The van der Waals surface area contributed by atoms with Gasteiger partial charge in [-0.3, -0.25) is 4.79 Å². The number of amides is 1. The minimum atomic E-state index is -0.903. The molecule has 0 aliphatic carbocycles. The summed E-state index contributed by atoms with van der Waals surface area (Å²) >= 11 is 0. The highest BCUT2D eigenvalue weighted by atomic mass is 16.5. The van der Waals surface area contributed by atoms with Gasteiger partial charge in [0, 0.05) is 23.7 Å². The number of hydrogen-bond acceptors (Lipinski definition) is 8. The van der Waals surface area contributed by atoms with Gasteiger partial charge in [0.15, 0.2) is 17.0 Å². The van der Waals surface area contributed by atoms with E-state index in [4.69, 9.17) is 13.9 Å². The lowest BCUT2D eigenvalue weighted by Gasteiger charge is -2.38. The van der Waals surface area contributed by atoms with E-state index in [1.807, 2.05) is 12.1 Å². The third-order valence-electron chi connectivity index (χ3n) is 5.28. The SMILES string of the molecule is CC1(CNc2nc(Nc3ccc4c(c3)NC(=O)C(C)(C)O4)nc3ccoc23)COC1. The number of rotatable bonds is 5. The van der Waals surface area contributed by atoms with E-state index in [0.29, 0.717) is 34.3 Å². The fourth-order valence-electron chi connectivity index (χ4n) is 3.41. The largest absolute Gasteiger partial charge is 0.476 e. The number of fused-ring (bicyclic) bond motifs is 2. The minimum Gasteiger partial charge on any atom is -0.476 e. The van der Waals surface area contributed by atoms with Crippen molar-refractivity contribution in [2.24, 2.45) is 5.41 Å². The molecule has 0 spiro atoms. The molecule has 2 aromatic heterocycles. The highest BCUT2D eigenvalue weighted by Crippen LogP contribution is 2.36. The molecule has 9 heteroatoms. The van der Waals surface area contributed by atoms with Gasteiger partial charge in [-0.15, -0.1) is 0 Å². The van der Waals surface area contributed by atoms with Crippen molar-refractivity contribution >= 4 is 40.1 Å². The lowest BCUT2D eigenvalue weighted by atomic mass is 9.89. The van der Waals surface area contributed by atoms with Crippen LogP contribution in [0, 0.1) is 5.41 Å². The van der Waals surface area contributed by atoms with Crippen molar-refractivity contribution < 1.29 is 18.7 Å². The molecule has 1 aromatic carbocycles.